The Morgan fingerprint density at radius 2 is 1.80 bits per heavy atom. The Balaban J connectivity index is 3.27. The van der Waals surface area contributed by atoms with Gasteiger partial charge in [-0.15, -0.1) is 0 Å². The summed E-state index contributed by atoms with van der Waals surface area (Å²) in [6.45, 7) is 5.24. The lowest BCUT2D eigenvalue weighted by atomic mass is 10.6. The minimum absolute atomic E-state index is 0.949. The second-order valence-electron chi connectivity index (χ2n) is 2.68. The van der Waals surface area contributed by atoms with Crippen LogP contribution in [0, 0.1) is 0 Å². The van der Waals surface area contributed by atoms with Gasteiger partial charge in [-0.25, -0.2) is 0 Å². The van der Waals surface area contributed by atoms with Crippen molar-refractivity contribution < 1.29 is 0 Å². The molecule has 0 aliphatic heterocycles. The first kappa shape index (κ1) is 9.88. The highest BCUT2D eigenvalue weighted by Gasteiger charge is 1.97. The molecule has 62 valence electrons. The van der Waals surface area contributed by atoms with Crippen molar-refractivity contribution in [2.24, 2.45) is 0 Å². The highest BCUT2D eigenvalue weighted by atomic mass is 15.3. The van der Waals surface area contributed by atoms with E-state index in [1.807, 2.05) is 7.05 Å². The number of hydrogen-bond donors (Lipinski definition) is 1. The molecule has 0 aliphatic rings. The first-order valence-corrected chi connectivity index (χ1v) is 3.72. The summed E-state index contributed by atoms with van der Waals surface area (Å²) in [5.41, 5.74) is 0. The largest absolute Gasteiger partial charge is 0.307 e. The SMILES string of the molecule is CCN(C)CN(C)CNC. The van der Waals surface area contributed by atoms with Gasteiger partial charge in [-0.1, -0.05) is 6.92 Å². The summed E-state index contributed by atoms with van der Waals surface area (Å²) >= 11 is 0. The minimum atomic E-state index is 0.949. The molecule has 0 rings (SSSR count). The zero-order valence-electron chi connectivity index (χ0n) is 7.52. The molecule has 3 nitrogen and oxygen atoms in total. The predicted molar refractivity (Wildman–Crippen MR) is 44.9 cm³/mol. The van der Waals surface area contributed by atoms with E-state index in [-0.39, 0.29) is 0 Å². The second-order valence-corrected chi connectivity index (χ2v) is 2.68. The average molecular weight is 145 g/mol. The van der Waals surface area contributed by atoms with Crippen molar-refractivity contribution in [3.05, 3.63) is 0 Å². The molecule has 0 fully saturated rings. The summed E-state index contributed by atoms with van der Waals surface area (Å²) in [7, 11) is 6.18. The lowest BCUT2D eigenvalue weighted by Gasteiger charge is -2.22. The van der Waals surface area contributed by atoms with Crippen LogP contribution in [0.5, 0.6) is 0 Å². The van der Waals surface area contributed by atoms with E-state index in [1.165, 1.54) is 0 Å². The van der Waals surface area contributed by atoms with Crippen LogP contribution in [-0.2, 0) is 0 Å². The van der Waals surface area contributed by atoms with E-state index >= 15 is 0 Å². The highest BCUT2D eigenvalue weighted by molar-refractivity contribution is 4.47. The molecular weight excluding hydrogens is 126 g/mol. The zero-order valence-corrected chi connectivity index (χ0v) is 7.52. The van der Waals surface area contributed by atoms with E-state index in [2.05, 4.69) is 36.1 Å². The molecule has 1 N–H and O–H groups in total. The minimum Gasteiger partial charge on any atom is -0.307 e. The maximum absolute atomic E-state index is 3.10. The quantitative estimate of drug-likeness (QED) is 0.550. The van der Waals surface area contributed by atoms with Crippen LogP contribution < -0.4 is 5.32 Å². The van der Waals surface area contributed by atoms with Crippen molar-refractivity contribution in [3.8, 4) is 0 Å². The summed E-state index contributed by atoms with van der Waals surface area (Å²) in [4.78, 5) is 4.49. The van der Waals surface area contributed by atoms with Crippen molar-refractivity contribution in [2.45, 2.75) is 6.92 Å². The normalized spacial score (nSPS) is 11.4. The van der Waals surface area contributed by atoms with Gasteiger partial charge in [0.05, 0.1) is 6.67 Å². The van der Waals surface area contributed by atoms with Gasteiger partial charge in [0.1, 0.15) is 0 Å². The van der Waals surface area contributed by atoms with E-state index in [9.17, 15) is 0 Å². The molecule has 0 atom stereocenters. The van der Waals surface area contributed by atoms with Crippen LogP contribution in [0.2, 0.25) is 0 Å². The summed E-state index contributed by atoms with van der Waals surface area (Å²) < 4.78 is 0. The first-order valence-electron chi connectivity index (χ1n) is 3.72. The van der Waals surface area contributed by atoms with Gasteiger partial charge in [-0.3, -0.25) is 9.80 Å². The number of nitrogens with zero attached hydrogens (tertiary/aromatic N) is 2. The first-order chi connectivity index (χ1) is 4.70. The molecule has 0 aromatic heterocycles. The van der Waals surface area contributed by atoms with Crippen molar-refractivity contribution >= 4 is 0 Å². The van der Waals surface area contributed by atoms with Crippen LogP contribution in [0.3, 0.4) is 0 Å². The maximum Gasteiger partial charge on any atom is 0.0512 e. The van der Waals surface area contributed by atoms with Crippen LogP contribution in [0.15, 0.2) is 0 Å². The van der Waals surface area contributed by atoms with Crippen molar-refractivity contribution in [3.63, 3.8) is 0 Å². The molecule has 0 aliphatic carbocycles. The fourth-order valence-corrected chi connectivity index (χ4v) is 0.832. The predicted octanol–water partition coefficient (Wildman–Crippen LogP) is 0.00430. The molecule has 0 heterocycles. The van der Waals surface area contributed by atoms with Gasteiger partial charge in [0.2, 0.25) is 0 Å². The van der Waals surface area contributed by atoms with Crippen LogP contribution in [0.4, 0.5) is 0 Å². The average Bonchev–Trinajstić information content (AvgIpc) is 1.88. The van der Waals surface area contributed by atoms with E-state index in [1.54, 1.807) is 0 Å². The van der Waals surface area contributed by atoms with Gasteiger partial charge >= 0.3 is 0 Å². The zero-order chi connectivity index (χ0) is 7.98. The van der Waals surface area contributed by atoms with Crippen molar-refractivity contribution in [2.75, 3.05) is 41.0 Å². The molecule has 0 aromatic rings. The Bertz CT molecular complexity index is 75.3. The van der Waals surface area contributed by atoms with Gasteiger partial charge in [-0.2, -0.15) is 0 Å². The standard InChI is InChI=1S/C7H19N3/c1-5-9(3)7-10(4)6-8-2/h8H,5-7H2,1-4H3. The van der Waals surface area contributed by atoms with E-state index < -0.39 is 0 Å². The molecule has 10 heavy (non-hydrogen) atoms. The highest BCUT2D eigenvalue weighted by Crippen LogP contribution is 1.83. The molecule has 0 radical (unpaired) electrons. The van der Waals surface area contributed by atoms with Gasteiger partial charge < -0.3 is 5.32 Å². The molecule has 0 saturated heterocycles. The Labute approximate surface area is 64.0 Å². The van der Waals surface area contributed by atoms with E-state index in [0.29, 0.717) is 0 Å². The van der Waals surface area contributed by atoms with Gasteiger partial charge in [0.15, 0.2) is 0 Å². The molecule has 0 amide bonds. The summed E-state index contributed by atoms with van der Waals surface area (Å²) in [5, 5.41) is 3.10. The van der Waals surface area contributed by atoms with Crippen molar-refractivity contribution in [1.82, 2.24) is 15.1 Å². The Kier molecular flexibility index (Phi) is 5.58. The fourth-order valence-electron chi connectivity index (χ4n) is 0.832. The Morgan fingerprint density at radius 3 is 2.20 bits per heavy atom. The van der Waals surface area contributed by atoms with Crippen LogP contribution in [0.25, 0.3) is 0 Å². The Morgan fingerprint density at radius 1 is 1.20 bits per heavy atom. The lowest BCUT2D eigenvalue weighted by molar-refractivity contribution is 0.182. The Hall–Kier alpha value is -0.120. The van der Waals surface area contributed by atoms with Gasteiger partial charge in [0.25, 0.3) is 0 Å². The lowest BCUT2D eigenvalue weighted by Crippen LogP contribution is -2.37. The smallest absolute Gasteiger partial charge is 0.0512 e. The number of nitrogens with one attached hydrogen (secondary N) is 1. The molecule has 0 aromatic carbocycles. The van der Waals surface area contributed by atoms with Crippen LogP contribution in [-0.4, -0.2) is 50.8 Å². The molecule has 0 unspecified atom stereocenters. The molecule has 0 bridgehead atoms. The van der Waals surface area contributed by atoms with E-state index in [4.69, 9.17) is 0 Å². The van der Waals surface area contributed by atoms with Crippen molar-refractivity contribution in [1.29, 1.82) is 0 Å². The molecule has 0 saturated carbocycles. The van der Waals surface area contributed by atoms with Crippen LogP contribution in [0.1, 0.15) is 6.92 Å². The second kappa shape index (κ2) is 5.65. The maximum atomic E-state index is 3.10. The third-order valence-electron chi connectivity index (χ3n) is 1.45. The fraction of sp³-hybridized carbons (Fsp3) is 1.00. The molecule has 0 spiro atoms. The number of rotatable bonds is 5. The van der Waals surface area contributed by atoms with Crippen LogP contribution >= 0.6 is 0 Å². The molecule has 3 heteroatoms. The summed E-state index contributed by atoms with van der Waals surface area (Å²) in [6, 6.07) is 0. The van der Waals surface area contributed by atoms with E-state index in [0.717, 1.165) is 19.9 Å². The molecular formula is C7H19N3. The van der Waals surface area contributed by atoms with Gasteiger partial charge in [-0.05, 0) is 27.7 Å². The van der Waals surface area contributed by atoms with Gasteiger partial charge in [0, 0.05) is 6.67 Å². The third kappa shape index (κ3) is 4.73. The summed E-state index contributed by atoms with van der Waals surface area (Å²) in [5.74, 6) is 0. The third-order valence-corrected chi connectivity index (χ3v) is 1.45. The summed E-state index contributed by atoms with van der Waals surface area (Å²) in [6.07, 6.45) is 0. The number of hydrogen-bond acceptors (Lipinski definition) is 3. The topological polar surface area (TPSA) is 18.5 Å². The monoisotopic (exact) mass is 145 g/mol.